The number of benzene rings is 1. The van der Waals surface area contributed by atoms with E-state index >= 15 is 0 Å². The maximum absolute atomic E-state index is 12.6. The predicted molar refractivity (Wildman–Crippen MR) is 88.9 cm³/mol. The molecule has 1 aliphatic heterocycles. The molecular weight excluding hydrogens is 339 g/mol. The van der Waals surface area contributed by atoms with Gasteiger partial charge in [-0.25, -0.2) is 4.79 Å². The van der Waals surface area contributed by atoms with Crippen LogP contribution in [-0.4, -0.2) is 24.0 Å². The number of thioether (sulfide) groups is 1. The van der Waals surface area contributed by atoms with E-state index < -0.39 is 17.7 Å². The quantitative estimate of drug-likeness (QED) is 0.735. The molecule has 0 unspecified atom stereocenters. The van der Waals surface area contributed by atoms with Crippen LogP contribution in [0.3, 0.4) is 0 Å². The standard InChI is InChI=1S/C17H18F3NO2S/c1-4-23-16(22)15-14(10(2)3)21-13(9-24-15)11-5-7-12(8-6-11)17(18,19)20/h5-8,10H,4,9H2,1-3H3. The molecule has 2 rings (SSSR count). The zero-order chi connectivity index (χ0) is 17.9. The Morgan fingerprint density at radius 2 is 1.92 bits per heavy atom. The fourth-order valence-electron chi connectivity index (χ4n) is 2.19. The summed E-state index contributed by atoms with van der Waals surface area (Å²) in [4.78, 5) is 17.0. The first-order valence-electron chi connectivity index (χ1n) is 7.53. The Balaban J connectivity index is 2.35. The van der Waals surface area contributed by atoms with E-state index in [1.165, 1.54) is 23.9 Å². The van der Waals surface area contributed by atoms with Crippen molar-refractivity contribution >= 4 is 23.4 Å². The van der Waals surface area contributed by atoms with Gasteiger partial charge in [-0.3, -0.25) is 4.99 Å². The van der Waals surface area contributed by atoms with Gasteiger partial charge in [0.05, 0.1) is 23.6 Å². The maximum atomic E-state index is 12.6. The molecule has 3 nitrogen and oxygen atoms in total. The normalized spacial score (nSPS) is 15.5. The zero-order valence-electron chi connectivity index (χ0n) is 13.6. The number of allylic oxidation sites excluding steroid dienone is 1. The number of carbonyl (C=O) groups excluding carboxylic acids is 1. The first-order chi connectivity index (χ1) is 11.2. The van der Waals surface area contributed by atoms with Crippen LogP contribution >= 0.6 is 11.8 Å². The Labute approximate surface area is 143 Å². The third-order valence-electron chi connectivity index (χ3n) is 3.39. The van der Waals surface area contributed by atoms with Gasteiger partial charge < -0.3 is 4.74 Å². The largest absolute Gasteiger partial charge is 0.462 e. The van der Waals surface area contributed by atoms with Crippen LogP contribution < -0.4 is 0 Å². The fourth-order valence-corrected chi connectivity index (χ4v) is 3.31. The number of esters is 1. The molecule has 0 saturated carbocycles. The summed E-state index contributed by atoms with van der Waals surface area (Å²) < 4.78 is 43.0. The first-order valence-corrected chi connectivity index (χ1v) is 8.51. The highest BCUT2D eigenvalue weighted by atomic mass is 32.2. The Morgan fingerprint density at radius 1 is 1.29 bits per heavy atom. The second-order valence-corrected chi connectivity index (χ2v) is 6.50. The van der Waals surface area contributed by atoms with E-state index in [2.05, 4.69) is 4.99 Å². The molecule has 1 aromatic carbocycles. The number of aliphatic imine (C=N–C) groups is 1. The fraction of sp³-hybridized carbons (Fsp3) is 0.412. The summed E-state index contributed by atoms with van der Waals surface area (Å²) in [5.74, 6) is 0.0125. The minimum Gasteiger partial charge on any atom is -0.462 e. The maximum Gasteiger partial charge on any atom is 0.416 e. The molecule has 0 radical (unpaired) electrons. The lowest BCUT2D eigenvalue weighted by Gasteiger charge is -2.20. The Hall–Kier alpha value is -1.76. The summed E-state index contributed by atoms with van der Waals surface area (Å²) in [6.07, 6.45) is -4.36. The molecule has 130 valence electrons. The third-order valence-corrected chi connectivity index (χ3v) is 4.48. The van der Waals surface area contributed by atoms with Gasteiger partial charge in [0.1, 0.15) is 4.91 Å². The highest BCUT2D eigenvalue weighted by Crippen LogP contribution is 2.34. The second kappa shape index (κ2) is 7.42. The molecule has 0 bridgehead atoms. The average Bonchev–Trinajstić information content (AvgIpc) is 2.53. The van der Waals surface area contributed by atoms with Gasteiger partial charge in [-0.05, 0) is 30.5 Å². The van der Waals surface area contributed by atoms with E-state index in [4.69, 9.17) is 4.74 Å². The molecule has 1 aliphatic rings. The molecule has 1 heterocycles. The number of hydrogen-bond acceptors (Lipinski definition) is 4. The SMILES string of the molecule is CCOC(=O)C1=C(C(C)C)N=C(c2ccc(C(F)(F)F)cc2)CS1. The third kappa shape index (κ3) is 4.20. The molecule has 24 heavy (non-hydrogen) atoms. The Morgan fingerprint density at radius 3 is 2.42 bits per heavy atom. The van der Waals surface area contributed by atoms with Gasteiger partial charge in [0.15, 0.2) is 0 Å². The van der Waals surface area contributed by atoms with Gasteiger partial charge in [0.25, 0.3) is 0 Å². The topological polar surface area (TPSA) is 38.7 Å². The number of hydrogen-bond donors (Lipinski definition) is 0. The van der Waals surface area contributed by atoms with Crippen LogP contribution in [0.2, 0.25) is 0 Å². The minimum absolute atomic E-state index is 0.00153. The Bertz CT molecular complexity index is 676. The summed E-state index contributed by atoms with van der Waals surface area (Å²) in [6.45, 7) is 5.84. The van der Waals surface area contributed by atoms with Crippen molar-refractivity contribution in [2.75, 3.05) is 12.4 Å². The minimum atomic E-state index is -4.36. The average molecular weight is 357 g/mol. The van der Waals surface area contributed by atoms with Gasteiger partial charge in [-0.1, -0.05) is 26.0 Å². The van der Waals surface area contributed by atoms with Crippen LogP contribution in [0, 0.1) is 5.92 Å². The summed E-state index contributed by atoms with van der Waals surface area (Å²) >= 11 is 1.31. The van der Waals surface area contributed by atoms with Crippen molar-refractivity contribution in [3.05, 3.63) is 46.0 Å². The molecular formula is C17H18F3NO2S. The number of halogens is 3. The van der Waals surface area contributed by atoms with Gasteiger partial charge in [0, 0.05) is 5.75 Å². The molecule has 0 aliphatic carbocycles. The molecule has 0 fully saturated rings. The van der Waals surface area contributed by atoms with Crippen molar-refractivity contribution in [2.24, 2.45) is 10.9 Å². The van der Waals surface area contributed by atoms with E-state index in [9.17, 15) is 18.0 Å². The van der Waals surface area contributed by atoms with E-state index in [-0.39, 0.29) is 12.5 Å². The lowest BCUT2D eigenvalue weighted by molar-refractivity contribution is -0.138. The van der Waals surface area contributed by atoms with E-state index in [0.29, 0.717) is 27.6 Å². The van der Waals surface area contributed by atoms with Crippen LogP contribution in [0.4, 0.5) is 13.2 Å². The van der Waals surface area contributed by atoms with E-state index in [0.717, 1.165) is 12.1 Å². The first kappa shape index (κ1) is 18.6. The summed E-state index contributed by atoms with van der Waals surface area (Å²) in [5.41, 5.74) is 1.20. The molecule has 7 heteroatoms. The highest BCUT2D eigenvalue weighted by molar-refractivity contribution is 8.04. The lowest BCUT2D eigenvalue weighted by Crippen LogP contribution is -2.18. The number of nitrogens with zero attached hydrogens (tertiary/aromatic N) is 1. The molecule has 1 aromatic rings. The van der Waals surface area contributed by atoms with Gasteiger partial charge in [0.2, 0.25) is 0 Å². The van der Waals surface area contributed by atoms with Gasteiger partial charge >= 0.3 is 12.1 Å². The van der Waals surface area contributed by atoms with Crippen molar-refractivity contribution in [2.45, 2.75) is 26.9 Å². The predicted octanol–water partition coefficient (Wildman–Crippen LogP) is 4.67. The van der Waals surface area contributed by atoms with Crippen LogP contribution in [0.1, 0.15) is 31.9 Å². The zero-order valence-corrected chi connectivity index (χ0v) is 14.4. The molecule has 0 spiro atoms. The monoisotopic (exact) mass is 357 g/mol. The van der Waals surface area contributed by atoms with Crippen molar-refractivity contribution < 1.29 is 22.7 Å². The number of carbonyl (C=O) groups is 1. The van der Waals surface area contributed by atoms with Gasteiger partial charge in [-0.2, -0.15) is 13.2 Å². The molecule has 0 aromatic heterocycles. The summed E-state index contributed by atoms with van der Waals surface area (Å²) in [7, 11) is 0. The van der Waals surface area contributed by atoms with Crippen LogP contribution in [0.5, 0.6) is 0 Å². The molecule has 0 atom stereocenters. The molecule has 0 saturated heterocycles. The number of rotatable bonds is 4. The number of ether oxygens (including phenoxy) is 1. The summed E-state index contributed by atoms with van der Waals surface area (Å²) in [6, 6.07) is 4.91. The molecule has 0 N–H and O–H groups in total. The molecule has 0 amide bonds. The van der Waals surface area contributed by atoms with Crippen molar-refractivity contribution in [3.63, 3.8) is 0 Å². The second-order valence-electron chi connectivity index (χ2n) is 5.51. The smallest absolute Gasteiger partial charge is 0.416 e. The van der Waals surface area contributed by atoms with E-state index in [1.54, 1.807) is 6.92 Å². The van der Waals surface area contributed by atoms with Crippen LogP contribution in [0.15, 0.2) is 39.9 Å². The number of alkyl halides is 3. The highest BCUT2D eigenvalue weighted by Gasteiger charge is 2.30. The summed E-state index contributed by atoms with van der Waals surface area (Å²) in [5, 5.41) is 0. The van der Waals surface area contributed by atoms with Crippen LogP contribution in [-0.2, 0) is 15.7 Å². The van der Waals surface area contributed by atoms with Crippen molar-refractivity contribution in [1.29, 1.82) is 0 Å². The lowest BCUT2D eigenvalue weighted by atomic mass is 10.1. The Kier molecular flexibility index (Phi) is 5.74. The van der Waals surface area contributed by atoms with E-state index in [1.807, 2.05) is 13.8 Å². The van der Waals surface area contributed by atoms with Crippen molar-refractivity contribution in [1.82, 2.24) is 0 Å². The van der Waals surface area contributed by atoms with Gasteiger partial charge in [-0.15, -0.1) is 11.8 Å². The van der Waals surface area contributed by atoms with Crippen molar-refractivity contribution in [3.8, 4) is 0 Å². The van der Waals surface area contributed by atoms with Crippen LogP contribution in [0.25, 0.3) is 0 Å².